The Labute approximate surface area is 161 Å². The van der Waals surface area contributed by atoms with Gasteiger partial charge >= 0.3 is 6.03 Å². The summed E-state index contributed by atoms with van der Waals surface area (Å²) >= 11 is 0. The van der Waals surface area contributed by atoms with Crippen LogP contribution in [0, 0.1) is 0 Å². The van der Waals surface area contributed by atoms with Crippen LogP contribution >= 0.6 is 0 Å². The van der Waals surface area contributed by atoms with Gasteiger partial charge in [0.1, 0.15) is 17.8 Å². The van der Waals surface area contributed by atoms with E-state index in [-0.39, 0.29) is 12.1 Å². The van der Waals surface area contributed by atoms with E-state index in [0.29, 0.717) is 18.9 Å². The molecular formula is C20H20N6O2. The second kappa shape index (κ2) is 6.63. The summed E-state index contributed by atoms with van der Waals surface area (Å²) in [6.07, 6.45) is 12.4. The summed E-state index contributed by atoms with van der Waals surface area (Å²) in [5, 5.41) is 1.03. The number of H-pyrrole nitrogens is 1. The molecule has 0 aromatic carbocycles. The Kier molecular flexibility index (Phi) is 3.96. The van der Waals surface area contributed by atoms with Crippen molar-refractivity contribution in [3.63, 3.8) is 0 Å². The molecule has 0 saturated heterocycles. The number of aromatic amines is 1. The molecule has 2 aliphatic rings. The van der Waals surface area contributed by atoms with Gasteiger partial charge in [0.25, 0.3) is 0 Å². The number of amides is 2. The average molecular weight is 376 g/mol. The number of aromatic nitrogens is 4. The van der Waals surface area contributed by atoms with E-state index in [4.69, 9.17) is 0 Å². The zero-order chi connectivity index (χ0) is 19.1. The molecule has 3 aromatic rings. The molecule has 28 heavy (non-hydrogen) atoms. The highest BCUT2D eigenvalue weighted by Gasteiger charge is 2.31. The zero-order valence-electron chi connectivity index (χ0n) is 15.3. The number of fused-ring (bicyclic) bond motifs is 1. The molecule has 5 rings (SSSR count). The highest BCUT2D eigenvalue weighted by molar-refractivity contribution is 5.93. The van der Waals surface area contributed by atoms with E-state index >= 15 is 0 Å². The summed E-state index contributed by atoms with van der Waals surface area (Å²) in [5.74, 6) is 0.681. The number of nitrogens with one attached hydrogen (secondary N) is 1. The molecule has 1 N–H and O–H groups in total. The quantitative estimate of drug-likeness (QED) is 0.709. The molecule has 2 amide bonds. The van der Waals surface area contributed by atoms with Crippen molar-refractivity contribution in [2.45, 2.75) is 25.3 Å². The van der Waals surface area contributed by atoms with Crippen molar-refractivity contribution in [1.82, 2.24) is 24.4 Å². The number of nitrogens with zero attached hydrogens (tertiary/aromatic N) is 5. The third-order valence-corrected chi connectivity index (χ3v) is 5.38. The summed E-state index contributed by atoms with van der Waals surface area (Å²) < 4.78 is 1.49. The summed E-state index contributed by atoms with van der Waals surface area (Å²) in [7, 11) is 0. The fourth-order valence-electron chi connectivity index (χ4n) is 3.72. The summed E-state index contributed by atoms with van der Waals surface area (Å²) in [6, 6.07) is 4.19. The van der Waals surface area contributed by atoms with Crippen molar-refractivity contribution < 1.29 is 9.59 Å². The average Bonchev–Trinajstić information content (AvgIpc) is 3.21. The number of carbonyl (C=O) groups is 2. The van der Waals surface area contributed by atoms with Crippen LogP contribution in [0.15, 0.2) is 43.1 Å². The van der Waals surface area contributed by atoms with Crippen LogP contribution in [-0.4, -0.2) is 56.0 Å². The molecule has 1 aliphatic heterocycles. The molecule has 142 valence electrons. The van der Waals surface area contributed by atoms with E-state index in [0.717, 1.165) is 42.3 Å². The summed E-state index contributed by atoms with van der Waals surface area (Å²) in [5.41, 5.74) is 3.02. The zero-order valence-corrected chi connectivity index (χ0v) is 15.3. The maximum absolute atomic E-state index is 12.5. The second-order valence-electron chi connectivity index (χ2n) is 7.19. The van der Waals surface area contributed by atoms with Crippen molar-refractivity contribution in [3.05, 3.63) is 48.7 Å². The first-order valence-electron chi connectivity index (χ1n) is 9.43. The topological polar surface area (TPSA) is 87.1 Å². The molecule has 3 aromatic heterocycles. The van der Waals surface area contributed by atoms with E-state index < -0.39 is 0 Å². The smallest absolute Gasteiger partial charge is 0.329 e. The van der Waals surface area contributed by atoms with E-state index in [9.17, 15) is 9.59 Å². The molecular weight excluding hydrogens is 356 g/mol. The fraction of sp³-hybridized carbons (Fsp3) is 0.300. The number of pyridine rings is 1. The van der Waals surface area contributed by atoms with Crippen LogP contribution in [0.2, 0.25) is 0 Å². The van der Waals surface area contributed by atoms with E-state index in [1.807, 2.05) is 18.3 Å². The number of carbonyl (C=O) groups excluding carboxylic acids is 2. The largest absolute Gasteiger partial charge is 0.346 e. The maximum atomic E-state index is 12.5. The molecule has 1 aliphatic carbocycles. The monoisotopic (exact) mass is 376 g/mol. The maximum Gasteiger partial charge on any atom is 0.329 e. The van der Waals surface area contributed by atoms with Crippen molar-refractivity contribution in [3.8, 4) is 0 Å². The predicted molar refractivity (Wildman–Crippen MR) is 105 cm³/mol. The third-order valence-electron chi connectivity index (χ3n) is 5.38. The van der Waals surface area contributed by atoms with Gasteiger partial charge in [-0.1, -0.05) is 6.08 Å². The molecule has 8 nitrogen and oxygen atoms in total. The molecule has 4 heterocycles. The van der Waals surface area contributed by atoms with Crippen LogP contribution in [0.3, 0.4) is 0 Å². The van der Waals surface area contributed by atoms with Gasteiger partial charge < -0.3 is 9.88 Å². The van der Waals surface area contributed by atoms with Crippen LogP contribution in [0.1, 0.15) is 24.8 Å². The van der Waals surface area contributed by atoms with Crippen molar-refractivity contribution in [2.24, 2.45) is 0 Å². The van der Waals surface area contributed by atoms with Crippen LogP contribution < -0.4 is 4.90 Å². The van der Waals surface area contributed by atoms with Crippen LogP contribution in [0.25, 0.3) is 16.6 Å². The predicted octanol–water partition coefficient (Wildman–Crippen LogP) is 2.64. The van der Waals surface area contributed by atoms with Crippen LogP contribution in [-0.2, 0) is 4.79 Å². The van der Waals surface area contributed by atoms with Gasteiger partial charge in [-0.05, 0) is 42.5 Å². The molecule has 1 fully saturated rings. The fourth-order valence-corrected chi connectivity index (χ4v) is 3.72. The molecule has 0 atom stereocenters. The Hall–Kier alpha value is -3.42. The highest BCUT2D eigenvalue weighted by atomic mass is 16.2. The Morgan fingerprint density at radius 1 is 1.36 bits per heavy atom. The normalized spacial score (nSPS) is 16.9. The Balaban J connectivity index is 1.46. The van der Waals surface area contributed by atoms with E-state index in [1.54, 1.807) is 22.2 Å². The van der Waals surface area contributed by atoms with Gasteiger partial charge in [0, 0.05) is 43.1 Å². The minimum atomic E-state index is -0.0733. The molecule has 1 saturated carbocycles. The van der Waals surface area contributed by atoms with Gasteiger partial charge in [-0.3, -0.25) is 14.3 Å². The van der Waals surface area contributed by atoms with Crippen molar-refractivity contribution >= 4 is 34.9 Å². The highest BCUT2D eigenvalue weighted by Crippen LogP contribution is 2.35. The van der Waals surface area contributed by atoms with Crippen molar-refractivity contribution in [2.75, 3.05) is 18.0 Å². The molecule has 0 bridgehead atoms. The second-order valence-corrected chi connectivity index (χ2v) is 7.19. The van der Waals surface area contributed by atoms with Gasteiger partial charge in [0.05, 0.1) is 0 Å². The van der Waals surface area contributed by atoms with Gasteiger partial charge in [0.2, 0.25) is 6.41 Å². The molecule has 0 unspecified atom stereocenters. The first-order chi connectivity index (χ1) is 13.7. The molecule has 0 spiro atoms. The summed E-state index contributed by atoms with van der Waals surface area (Å²) in [6.45, 7) is 1.17. The Bertz CT molecular complexity index is 1060. The van der Waals surface area contributed by atoms with Gasteiger partial charge in [-0.15, -0.1) is 0 Å². The minimum absolute atomic E-state index is 0.0733. The molecule has 8 heteroatoms. The first kappa shape index (κ1) is 16.7. The third kappa shape index (κ3) is 2.87. The van der Waals surface area contributed by atoms with Crippen LogP contribution in [0.4, 0.5) is 10.6 Å². The van der Waals surface area contributed by atoms with Gasteiger partial charge in [-0.2, -0.15) is 0 Å². The number of hydrogen-bond donors (Lipinski definition) is 1. The lowest BCUT2D eigenvalue weighted by Crippen LogP contribution is -2.37. The number of rotatable bonds is 4. The SMILES string of the molecule is O=CN(c1cc(C2=CCN(C(=O)n3ccnc3)CC2)c2cc[nH]c2n1)C1CC1. The number of anilines is 1. The van der Waals surface area contributed by atoms with Gasteiger partial charge in [-0.25, -0.2) is 14.8 Å². The minimum Gasteiger partial charge on any atom is -0.346 e. The Morgan fingerprint density at radius 2 is 2.25 bits per heavy atom. The number of imidazole rings is 1. The lowest BCUT2D eigenvalue weighted by Gasteiger charge is -2.27. The lowest BCUT2D eigenvalue weighted by molar-refractivity contribution is -0.107. The standard InChI is InChI=1S/C20H20N6O2/c27-13-26(15-1-2-15)18-11-17(16-3-6-22-19(16)23-18)14-4-8-24(9-5-14)20(28)25-10-7-21-12-25/h3-4,6-7,10-13,15H,1-2,5,8-9H2,(H,22,23). The lowest BCUT2D eigenvalue weighted by atomic mass is 9.97. The number of hydrogen-bond acceptors (Lipinski definition) is 4. The van der Waals surface area contributed by atoms with Gasteiger partial charge in [0.15, 0.2) is 0 Å². The molecule has 0 radical (unpaired) electrons. The van der Waals surface area contributed by atoms with E-state index in [1.165, 1.54) is 16.5 Å². The van der Waals surface area contributed by atoms with Crippen LogP contribution in [0.5, 0.6) is 0 Å². The first-order valence-corrected chi connectivity index (χ1v) is 9.43. The Morgan fingerprint density at radius 3 is 2.93 bits per heavy atom. The summed E-state index contributed by atoms with van der Waals surface area (Å²) in [4.78, 5) is 39.4. The van der Waals surface area contributed by atoms with E-state index in [2.05, 4.69) is 21.0 Å². The van der Waals surface area contributed by atoms with Crippen molar-refractivity contribution in [1.29, 1.82) is 0 Å².